The number of nitrogens with one attached hydrogen (secondary N) is 1. The number of sulfonamides is 1. The third-order valence-corrected chi connectivity index (χ3v) is 6.70. The number of carbonyl (C=O) groups is 1. The highest BCUT2D eigenvalue weighted by atomic mass is 32.2. The number of anilines is 1. The molecule has 0 aliphatic carbocycles. The summed E-state index contributed by atoms with van der Waals surface area (Å²) < 4.78 is 25.7. The lowest BCUT2D eigenvalue weighted by Crippen LogP contribution is -2.41. The van der Waals surface area contributed by atoms with E-state index in [1.54, 1.807) is 6.07 Å². The Kier molecular flexibility index (Phi) is 8.59. The molecule has 0 heterocycles. The zero-order valence-electron chi connectivity index (χ0n) is 17.6. The van der Waals surface area contributed by atoms with Gasteiger partial charge in [-0.1, -0.05) is 42.0 Å². The number of benzene rings is 2. The molecular weight excluding hydrogens is 404 g/mol. The van der Waals surface area contributed by atoms with Crippen molar-refractivity contribution in [3.63, 3.8) is 0 Å². The summed E-state index contributed by atoms with van der Waals surface area (Å²) in [6.45, 7) is 6.15. The summed E-state index contributed by atoms with van der Waals surface area (Å²) in [7, 11) is -3.56. The molecule has 0 atom stereocenters. The van der Waals surface area contributed by atoms with E-state index in [1.165, 1.54) is 15.4 Å². The lowest BCUT2D eigenvalue weighted by Gasteiger charge is -2.24. The van der Waals surface area contributed by atoms with Crippen molar-refractivity contribution in [3.8, 4) is 0 Å². The predicted molar refractivity (Wildman–Crippen MR) is 123 cm³/mol. The van der Waals surface area contributed by atoms with E-state index in [0.29, 0.717) is 12.2 Å². The van der Waals surface area contributed by atoms with Gasteiger partial charge in [0, 0.05) is 12.3 Å². The fourth-order valence-electron chi connectivity index (χ4n) is 2.95. The Morgan fingerprint density at radius 2 is 1.79 bits per heavy atom. The highest BCUT2D eigenvalue weighted by Crippen LogP contribution is 2.23. The third-order valence-electron chi connectivity index (χ3n) is 4.46. The summed E-state index contributed by atoms with van der Waals surface area (Å²) in [6.07, 6.45) is 1.97. The van der Waals surface area contributed by atoms with Crippen LogP contribution in [-0.4, -0.2) is 39.4 Å². The van der Waals surface area contributed by atoms with Gasteiger partial charge < -0.3 is 5.32 Å². The summed E-state index contributed by atoms with van der Waals surface area (Å²) in [6, 6.07) is 14.0. The van der Waals surface area contributed by atoms with Crippen LogP contribution in [0.15, 0.2) is 42.5 Å². The van der Waals surface area contributed by atoms with Crippen LogP contribution in [0.1, 0.15) is 28.7 Å². The second kappa shape index (κ2) is 10.7. The topological polar surface area (TPSA) is 66.5 Å². The van der Waals surface area contributed by atoms with Crippen molar-refractivity contribution < 1.29 is 13.2 Å². The van der Waals surface area contributed by atoms with Crippen molar-refractivity contribution in [1.29, 1.82) is 0 Å². The Morgan fingerprint density at radius 1 is 1.07 bits per heavy atom. The highest BCUT2D eigenvalue weighted by molar-refractivity contribution is 7.98. The molecule has 0 fully saturated rings. The molecule has 0 saturated heterocycles. The molecule has 0 saturated carbocycles. The molecule has 2 rings (SSSR count). The first kappa shape index (κ1) is 23.3. The normalized spacial score (nSPS) is 11.3. The average Bonchev–Trinajstić information content (AvgIpc) is 2.64. The predicted octanol–water partition coefficient (Wildman–Crippen LogP) is 3.82. The molecule has 1 N–H and O–H groups in total. The van der Waals surface area contributed by atoms with Crippen LogP contribution >= 0.6 is 11.8 Å². The van der Waals surface area contributed by atoms with Crippen molar-refractivity contribution in [2.75, 3.05) is 29.4 Å². The molecule has 0 aliphatic rings. The summed E-state index contributed by atoms with van der Waals surface area (Å²) in [4.78, 5) is 12.3. The van der Waals surface area contributed by atoms with Crippen molar-refractivity contribution in [2.45, 2.75) is 32.9 Å². The van der Waals surface area contributed by atoms with Crippen LogP contribution in [0.3, 0.4) is 0 Å². The summed E-state index contributed by atoms with van der Waals surface area (Å²) in [5, 5.41) is 2.84. The fraction of sp³-hybridized carbons (Fsp3) is 0.409. The molecule has 1 amide bonds. The minimum absolute atomic E-state index is 0.209. The van der Waals surface area contributed by atoms with Crippen LogP contribution in [0.2, 0.25) is 0 Å². The van der Waals surface area contributed by atoms with E-state index in [1.807, 2.05) is 37.7 Å². The van der Waals surface area contributed by atoms with Crippen LogP contribution in [0.5, 0.6) is 0 Å². The van der Waals surface area contributed by atoms with Crippen LogP contribution < -0.4 is 9.62 Å². The highest BCUT2D eigenvalue weighted by Gasteiger charge is 2.22. The standard InChI is InChI=1S/C22H30N2O3S2/c1-17-7-5-8-20(13-17)16-28-12-6-11-23-22(25)15-24(29(4,26)27)21-14-18(2)9-10-19(21)3/h5,7-10,13-14H,6,11-12,15-16H2,1-4H3,(H,23,25). The largest absolute Gasteiger partial charge is 0.354 e. The monoisotopic (exact) mass is 434 g/mol. The van der Waals surface area contributed by atoms with Crippen molar-refractivity contribution in [2.24, 2.45) is 0 Å². The van der Waals surface area contributed by atoms with Crippen LogP contribution in [0.25, 0.3) is 0 Å². The number of amides is 1. The van der Waals surface area contributed by atoms with Crippen molar-refractivity contribution >= 4 is 33.4 Å². The average molecular weight is 435 g/mol. The number of thioether (sulfide) groups is 1. The van der Waals surface area contributed by atoms with Gasteiger partial charge in [-0.3, -0.25) is 9.10 Å². The van der Waals surface area contributed by atoms with Gasteiger partial charge in [-0.2, -0.15) is 11.8 Å². The number of hydrogen-bond donors (Lipinski definition) is 1. The van der Waals surface area contributed by atoms with Crippen LogP contribution in [0.4, 0.5) is 5.69 Å². The van der Waals surface area contributed by atoms with E-state index in [-0.39, 0.29) is 12.5 Å². The lowest BCUT2D eigenvalue weighted by atomic mass is 10.1. The number of rotatable bonds is 10. The van der Waals surface area contributed by atoms with Crippen LogP contribution in [-0.2, 0) is 20.6 Å². The SMILES string of the molecule is Cc1cccc(CSCCCNC(=O)CN(c2cc(C)ccc2C)S(C)(=O)=O)c1. The molecule has 158 valence electrons. The van der Waals surface area contributed by atoms with Gasteiger partial charge in [0.1, 0.15) is 6.54 Å². The zero-order valence-corrected chi connectivity index (χ0v) is 19.2. The number of hydrogen-bond acceptors (Lipinski definition) is 4. The molecule has 0 bridgehead atoms. The minimum atomic E-state index is -3.56. The van der Waals surface area contributed by atoms with E-state index in [2.05, 4.69) is 36.5 Å². The lowest BCUT2D eigenvalue weighted by molar-refractivity contribution is -0.119. The number of aryl methyl sites for hydroxylation is 3. The van der Waals surface area contributed by atoms with Crippen LogP contribution in [0, 0.1) is 20.8 Å². The Balaban J connectivity index is 1.81. The molecule has 0 spiro atoms. The molecule has 2 aromatic rings. The number of nitrogens with zero attached hydrogens (tertiary/aromatic N) is 1. The Morgan fingerprint density at radius 3 is 2.48 bits per heavy atom. The smallest absolute Gasteiger partial charge is 0.240 e. The molecule has 2 aromatic carbocycles. The second-order valence-corrected chi connectivity index (χ2v) is 10.3. The van der Waals surface area contributed by atoms with Crippen molar-refractivity contribution in [1.82, 2.24) is 5.32 Å². The Bertz CT molecular complexity index is 943. The van der Waals surface area contributed by atoms with E-state index in [9.17, 15) is 13.2 Å². The second-order valence-electron chi connectivity index (χ2n) is 7.30. The van der Waals surface area contributed by atoms with Gasteiger partial charge in [0.25, 0.3) is 0 Å². The molecule has 7 heteroatoms. The van der Waals surface area contributed by atoms with E-state index < -0.39 is 10.0 Å². The minimum Gasteiger partial charge on any atom is -0.354 e. The van der Waals surface area contributed by atoms with Gasteiger partial charge in [-0.15, -0.1) is 0 Å². The van der Waals surface area contributed by atoms with E-state index >= 15 is 0 Å². The first-order valence-electron chi connectivity index (χ1n) is 9.62. The van der Waals surface area contributed by atoms with Gasteiger partial charge in [-0.25, -0.2) is 8.42 Å². The molecule has 0 aromatic heterocycles. The Labute approximate surface area is 178 Å². The van der Waals surface area contributed by atoms with Crippen molar-refractivity contribution in [3.05, 3.63) is 64.7 Å². The van der Waals surface area contributed by atoms with E-state index in [0.717, 1.165) is 35.3 Å². The zero-order chi connectivity index (χ0) is 21.4. The molecule has 0 aliphatic heterocycles. The summed E-state index contributed by atoms with van der Waals surface area (Å²) in [5.74, 6) is 1.59. The molecular formula is C22H30N2O3S2. The van der Waals surface area contributed by atoms with E-state index in [4.69, 9.17) is 0 Å². The number of carbonyl (C=O) groups excluding carboxylic acids is 1. The summed E-state index contributed by atoms with van der Waals surface area (Å²) in [5.41, 5.74) is 4.88. The first-order valence-corrected chi connectivity index (χ1v) is 12.6. The van der Waals surface area contributed by atoms with Gasteiger partial charge in [0.05, 0.1) is 11.9 Å². The van der Waals surface area contributed by atoms with Gasteiger partial charge >= 0.3 is 0 Å². The molecule has 0 unspecified atom stereocenters. The maximum atomic E-state index is 12.3. The molecule has 29 heavy (non-hydrogen) atoms. The fourth-order valence-corrected chi connectivity index (χ4v) is 4.76. The van der Waals surface area contributed by atoms with Gasteiger partial charge in [-0.05, 0) is 55.7 Å². The molecule has 0 radical (unpaired) electrons. The van der Waals surface area contributed by atoms with Gasteiger partial charge in [0.15, 0.2) is 0 Å². The quantitative estimate of drug-likeness (QED) is 0.578. The maximum absolute atomic E-state index is 12.3. The van der Waals surface area contributed by atoms with Gasteiger partial charge in [0.2, 0.25) is 15.9 Å². The first-order chi connectivity index (χ1) is 13.7. The Hall–Kier alpha value is -1.99. The molecule has 5 nitrogen and oxygen atoms in total. The third kappa shape index (κ3) is 7.74. The summed E-state index contributed by atoms with van der Waals surface area (Å²) >= 11 is 1.83. The maximum Gasteiger partial charge on any atom is 0.240 e.